The predicted octanol–water partition coefficient (Wildman–Crippen LogP) is 3.05. The first-order chi connectivity index (χ1) is 11.2. The maximum atomic E-state index is 12.3. The van der Waals surface area contributed by atoms with Crippen LogP contribution in [0.4, 0.5) is 0 Å². The van der Waals surface area contributed by atoms with Crippen LogP contribution >= 0.6 is 11.6 Å². The second kappa shape index (κ2) is 6.79. The van der Waals surface area contributed by atoms with E-state index in [0.717, 1.165) is 11.3 Å². The molecule has 1 heterocycles. The van der Waals surface area contributed by atoms with E-state index in [9.17, 15) is 4.79 Å². The van der Waals surface area contributed by atoms with E-state index in [0.29, 0.717) is 41.8 Å². The van der Waals surface area contributed by atoms with Gasteiger partial charge in [-0.3, -0.25) is 4.79 Å². The van der Waals surface area contributed by atoms with Crippen LogP contribution in [-0.4, -0.2) is 26.2 Å². The minimum atomic E-state index is -0.230. The van der Waals surface area contributed by atoms with Crippen LogP contribution in [0.5, 0.6) is 17.2 Å². The first-order valence-corrected chi connectivity index (χ1v) is 7.55. The molecule has 1 amide bonds. The summed E-state index contributed by atoms with van der Waals surface area (Å²) in [5, 5.41) is 3.22. The van der Waals surface area contributed by atoms with Crippen molar-refractivity contribution in [2.24, 2.45) is 0 Å². The smallest absolute Gasteiger partial charge is 0.251 e. The average molecular weight is 334 g/mol. The fourth-order valence-corrected chi connectivity index (χ4v) is 2.57. The third-order valence-electron chi connectivity index (χ3n) is 3.45. The van der Waals surface area contributed by atoms with Crippen molar-refractivity contribution in [1.82, 2.24) is 5.32 Å². The van der Waals surface area contributed by atoms with Gasteiger partial charge in [-0.25, -0.2) is 0 Å². The molecule has 0 aliphatic carbocycles. The number of carbonyl (C=O) groups is 1. The third kappa shape index (κ3) is 3.51. The van der Waals surface area contributed by atoms with Gasteiger partial charge in [0.15, 0.2) is 11.5 Å². The van der Waals surface area contributed by atoms with Crippen LogP contribution < -0.4 is 19.5 Å². The van der Waals surface area contributed by atoms with Gasteiger partial charge in [0.25, 0.3) is 5.91 Å². The summed E-state index contributed by atoms with van der Waals surface area (Å²) in [5.74, 6) is 1.50. The highest BCUT2D eigenvalue weighted by molar-refractivity contribution is 6.32. The highest BCUT2D eigenvalue weighted by Crippen LogP contribution is 2.38. The molecule has 6 heteroatoms. The van der Waals surface area contributed by atoms with Crippen LogP contribution in [-0.2, 0) is 6.54 Å². The summed E-state index contributed by atoms with van der Waals surface area (Å²) in [6.45, 7) is 1.29. The Balaban J connectivity index is 1.72. The molecule has 0 radical (unpaired) electrons. The van der Waals surface area contributed by atoms with E-state index >= 15 is 0 Å². The number of benzene rings is 2. The van der Waals surface area contributed by atoms with E-state index in [2.05, 4.69) is 5.32 Å². The Labute approximate surface area is 139 Å². The van der Waals surface area contributed by atoms with Crippen LogP contribution in [0, 0.1) is 0 Å². The van der Waals surface area contributed by atoms with Gasteiger partial charge in [-0.15, -0.1) is 0 Å². The number of ether oxygens (including phenoxy) is 3. The topological polar surface area (TPSA) is 56.8 Å². The fourth-order valence-electron chi connectivity index (χ4n) is 2.31. The molecule has 0 fully saturated rings. The van der Waals surface area contributed by atoms with Crippen molar-refractivity contribution >= 4 is 17.5 Å². The molecule has 5 nitrogen and oxygen atoms in total. The van der Waals surface area contributed by atoms with Gasteiger partial charge in [-0.05, 0) is 29.8 Å². The lowest BCUT2D eigenvalue weighted by atomic mass is 10.1. The molecule has 2 aromatic rings. The van der Waals surface area contributed by atoms with Crippen LogP contribution in [0.15, 0.2) is 36.4 Å². The predicted molar refractivity (Wildman–Crippen MR) is 86.6 cm³/mol. The monoisotopic (exact) mass is 333 g/mol. The van der Waals surface area contributed by atoms with Gasteiger partial charge < -0.3 is 19.5 Å². The molecule has 120 valence electrons. The van der Waals surface area contributed by atoms with Crippen molar-refractivity contribution in [3.8, 4) is 17.2 Å². The SMILES string of the molecule is COc1cccc(CNC(=O)c2cc(Cl)c3c(c2)OCCO3)c1. The Morgan fingerprint density at radius 2 is 2.09 bits per heavy atom. The van der Waals surface area contributed by atoms with E-state index in [1.165, 1.54) is 0 Å². The van der Waals surface area contributed by atoms with E-state index in [-0.39, 0.29) is 5.91 Å². The fraction of sp³-hybridized carbons (Fsp3) is 0.235. The van der Waals surface area contributed by atoms with Crippen LogP contribution in [0.25, 0.3) is 0 Å². The Bertz CT molecular complexity index is 733. The second-order valence-electron chi connectivity index (χ2n) is 5.02. The first kappa shape index (κ1) is 15.5. The number of carbonyl (C=O) groups excluding carboxylic acids is 1. The third-order valence-corrected chi connectivity index (χ3v) is 3.73. The zero-order valence-corrected chi connectivity index (χ0v) is 13.4. The molecule has 0 saturated carbocycles. The van der Waals surface area contributed by atoms with E-state index in [4.69, 9.17) is 25.8 Å². The molecular weight excluding hydrogens is 318 g/mol. The molecule has 3 rings (SSSR count). The Morgan fingerprint density at radius 1 is 1.26 bits per heavy atom. The van der Waals surface area contributed by atoms with Crippen molar-refractivity contribution in [3.63, 3.8) is 0 Å². The Hall–Kier alpha value is -2.40. The van der Waals surface area contributed by atoms with Gasteiger partial charge in [0.2, 0.25) is 0 Å². The molecule has 0 atom stereocenters. The van der Waals surface area contributed by atoms with E-state index in [1.807, 2.05) is 24.3 Å². The van der Waals surface area contributed by atoms with Crippen LogP contribution in [0.3, 0.4) is 0 Å². The van der Waals surface area contributed by atoms with Crippen LogP contribution in [0.1, 0.15) is 15.9 Å². The normalized spacial score (nSPS) is 12.6. The Kier molecular flexibility index (Phi) is 4.57. The highest BCUT2D eigenvalue weighted by Gasteiger charge is 2.19. The lowest BCUT2D eigenvalue weighted by molar-refractivity contribution is 0.0949. The van der Waals surface area contributed by atoms with Gasteiger partial charge in [-0.1, -0.05) is 23.7 Å². The summed E-state index contributed by atoms with van der Waals surface area (Å²) < 4.78 is 16.1. The molecular formula is C17H16ClNO4. The van der Waals surface area contributed by atoms with E-state index < -0.39 is 0 Å². The van der Waals surface area contributed by atoms with Crippen molar-refractivity contribution in [1.29, 1.82) is 0 Å². The second-order valence-corrected chi connectivity index (χ2v) is 5.42. The summed E-state index contributed by atoms with van der Waals surface area (Å²) in [4.78, 5) is 12.3. The number of rotatable bonds is 4. The molecule has 0 saturated heterocycles. The molecule has 0 bridgehead atoms. The van der Waals surface area contributed by atoms with Crippen LogP contribution in [0.2, 0.25) is 5.02 Å². The average Bonchev–Trinajstić information content (AvgIpc) is 2.60. The first-order valence-electron chi connectivity index (χ1n) is 7.17. The molecule has 0 aromatic heterocycles. The molecule has 1 aliphatic rings. The van der Waals surface area contributed by atoms with Gasteiger partial charge >= 0.3 is 0 Å². The summed E-state index contributed by atoms with van der Waals surface area (Å²) in [7, 11) is 1.61. The molecule has 23 heavy (non-hydrogen) atoms. The molecule has 2 aromatic carbocycles. The maximum absolute atomic E-state index is 12.3. The summed E-state index contributed by atoms with van der Waals surface area (Å²) >= 11 is 6.15. The summed E-state index contributed by atoms with van der Waals surface area (Å²) in [6, 6.07) is 10.7. The van der Waals surface area contributed by atoms with Gasteiger partial charge in [0.05, 0.1) is 12.1 Å². The van der Waals surface area contributed by atoms with Gasteiger partial charge in [-0.2, -0.15) is 0 Å². The number of fused-ring (bicyclic) bond motifs is 1. The molecule has 1 aliphatic heterocycles. The maximum Gasteiger partial charge on any atom is 0.251 e. The molecule has 0 spiro atoms. The minimum absolute atomic E-state index is 0.230. The lowest BCUT2D eigenvalue weighted by Gasteiger charge is -2.20. The zero-order valence-electron chi connectivity index (χ0n) is 12.6. The van der Waals surface area contributed by atoms with Crippen molar-refractivity contribution < 1.29 is 19.0 Å². The Morgan fingerprint density at radius 3 is 2.91 bits per heavy atom. The quantitative estimate of drug-likeness (QED) is 0.934. The number of halogens is 1. The lowest BCUT2D eigenvalue weighted by Crippen LogP contribution is -2.23. The molecule has 1 N–H and O–H groups in total. The van der Waals surface area contributed by atoms with Gasteiger partial charge in [0.1, 0.15) is 19.0 Å². The molecule has 0 unspecified atom stereocenters. The summed E-state index contributed by atoms with van der Waals surface area (Å²) in [6.07, 6.45) is 0. The van der Waals surface area contributed by atoms with Crippen molar-refractivity contribution in [3.05, 3.63) is 52.5 Å². The van der Waals surface area contributed by atoms with Crippen molar-refractivity contribution in [2.75, 3.05) is 20.3 Å². The number of methoxy groups -OCH3 is 1. The number of nitrogens with one attached hydrogen (secondary N) is 1. The number of hydrogen-bond donors (Lipinski definition) is 1. The highest BCUT2D eigenvalue weighted by atomic mass is 35.5. The number of hydrogen-bond acceptors (Lipinski definition) is 4. The minimum Gasteiger partial charge on any atom is -0.497 e. The largest absolute Gasteiger partial charge is 0.497 e. The number of amides is 1. The van der Waals surface area contributed by atoms with Gasteiger partial charge in [0, 0.05) is 12.1 Å². The standard InChI is InChI=1S/C17H16ClNO4/c1-21-13-4-2-3-11(7-13)10-19-17(20)12-8-14(18)16-15(9-12)22-5-6-23-16/h2-4,7-9H,5-6,10H2,1H3,(H,19,20). The summed E-state index contributed by atoms with van der Waals surface area (Å²) in [5.41, 5.74) is 1.38. The van der Waals surface area contributed by atoms with Crippen molar-refractivity contribution in [2.45, 2.75) is 6.54 Å². The van der Waals surface area contributed by atoms with E-state index in [1.54, 1.807) is 19.2 Å². The zero-order chi connectivity index (χ0) is 16.2.